The third-order valence-electron chi connectivity index (χ3n) is 1.90. The van der Waals surface area contributed by atoms with Crippen molar-refractivity contribution in [3.05, 3.63) is 27.6 Å². The van der Waals surface area contributed by atoms with Gasteiger partial charge >= 0.3 is 0 Å². The molecule has 0 aliphatic heterocycles. The van der Waals surface area contributed by atoms with Crippen molar-refractivity contribution < 1.29 is 4.42 Å². The van der Waals surface area contributed by atoms with Crippen LogP contribution in [0.3, 0.4) is 0 Å². The van der Waals surface area contributed by atoms with Gasteiger partial charge in [0.2, 0.25) is 0 Å². The molecule has 0 radical (unpaired) electrons. The van der Waals surface area contributed by atoms with Crippen molar-refractivity contribution in [3.63, 3.8) is 0 Å². The van der Waals surface area contributed by atoms with E-state index in [1.54, 1.807) is 6.26 Å². The number of furan rings is 1. The molecule has 14 heavy (non-hydrogen) atoms. The summed E-state index contributed by atoms with van der Waals surface area (Å²) in [6.45, 7) is 1.85. The molecule has 0 N–H and O–H groups in total. The second-order valence-corrected chi connectivity index (χ2v) is 4.78. The third kappa shape index (κ3) is 1.64. The zero-order valence-corrected chi connectivity index (χ0v) is 10.3. The average Bonchev–Trinajstić information content (AvgIpc) is 2.48. The van der Waals surface area contributed by atoms with E-state index in [1.165, 1.54) is 0 Å². The molecule has 0 aromatic carbocycles. The first-order valence-corrected chi connectivity index (χ1v) is 5.57. The molecule has 0 fully saturated rings. The number of fused-ring (bicyclic) bond motifs is 1. The molecule has 0 spiro atoms. The fourth-order valence-electron chi connectivity index (χ4n) is 1.19. The summed E-state index contributed by atoms with van der Waals surface area (Å²) in [6, 6.07) is 1.87. The molecule has 2 heterocycles. The molecule has 0 saturated carbocycles. The fraction of sp³-hybridized carbons (Fsp3) is 0.222. The summed E-state index contributed by atoms with van der Waals surface area (Å²) in [4.78, 5) is 4.13. The van der Waals surface area contributed by atoms with Gasteiger partial charge in [0.25, 0.3) is 0 Å². The van der Waals surface area contributed by atoms with E-state index in [4.69, 9.17) is 27.6 Å². The molecule has 2 rings (SSSR count). The zero-order chi connectivity index (χ0) is 10.3. The molecule has 0 amide bonds. The smallest absolute Gasteiger partial charge is 0.172 e. The summed E-state index contributed by atoms with van der Waals surface area (Å²) in [6.07, 6.45) is 1.58. The molecular weight excluding hydrogens is 289 g/mol. The summed E-state index contributed by atoms with van der Waals surface area (Å²) in [7, 11) is 0. The van der Waals surface area contributed by atoms with Gasteiger partial charge in [0.1, 0.15) is 6.26 Å². The number of hydrogen-bond acceptors (Lipinski definition) is 2. The number of nitrogens with zero attached hydrogens (tertiary/aromatic N) is 1. The van der Waals surface area contributed by atoms with Crippen molar-refractivity contribution in [1.82, 2.24) is 4.98 Å². The Labute approximate surface area is 99.3 Å². The molecule has 5 heteroatoms. The highest BCUT2D eigenvalue weighted by molar-refractivity contribution is 9.10. The van der Waals surface area contributed by atoms with Gasteiger partial charge in [-0.1, -0.05) is 11.6 Å². The topological polar surface area (TPSA) is 26.0 Å². The van der Waals surface area contributed by atoms with Crippen molar-refractivity contribution in [1.29, 1.82) is 0 Å². The Bertz CT molecular complexity index is 481. The third-order valence-corrected chi connectivity index (χ3v) is 2.99. The maximum Gasteiger partial charge on any atom is 0.172 e. The number of pyridine rings is 1. The zero-order valence-electron chi connectivity index (χ0n) is 7.22. The lowest BCUT2D eigenvalue weighted by atomic mass is 10.2. The Morgan fingerprint density at radius 3 is 2.93 bits per heavy atom. The van der Waals surface area contributed by atoms with E-state index in [2.05, 4.69) is 20.9 Å². The second kappa shape index (κ2) is 3.72. The van der Waals surface area contributed by atoms with Crippen LogP contribution >= 0.6 is 39.1 Å². The Hall–Kier alpha value is -0.250. The molecular formula is C9H6BrCl2NO. The standard InChI is InChI=1S/C9H6BrCl2NO/c1-4(11)7-2-5-6(10)3-14-8(5)9(12)13-7/h2-4H,1H3. The molecule has 0 bridgehead atoms. The van der Waals surface area contributed by atoms with E-state index in [9.17, 15) is 0 Å². The van der Waals surface area contributed by atoms with Crippen LogP contribution < -0.4 is 0 Å². The SMILES string of the molecule is CC(Cl)c1cc2c(Br)coc2c(Cl)n1. The van der Waals surface area contributed by atoms with Crippen molar-refractivity contribution in [2.45, 2.75) is 12.3 Å². The summed E-state index contributed by atoms with van der Waals surface area (Å²) in [5.41, 5.74) is 1.32. The highest BCUT2D eigenvalue weighted by Gasteiger charge is 2.13. The maximum absolute atomic E-state index is 5.94. The van der Waals surface area contributed by atoms with Crippen LogP contribution in [0, 0.1) is 0 Å². The minimum Gasteiger partial charge on any atom is -0.460 e. The Morgan fingerprint density at radius 1 is 1.57 bits per heavy atom. The van der Waals surface area contributed by atoms with Crippen molar-refractivity contribution in [2.24, 2.45) is 0 Å². The van der Waals surface area contributed by atoms with E-state index in [-0.39, 0.29) is 5.38 Å². The van der Waals surface area contributed by atoms with Crippen LogP contribution in [-0.4, -0.2) is 4.98 Å². The van der Waals surface area contributed by atoms with Crippen molar-refractivity contribution in [2.75, 3.05) is 0 Å². The quantitative estimate of drug-likeness (QED) is 0.570. The fourth-order valence-corrected chi connectivity index (χ4v) is 1.93. The summed E-state index contributed by atoms with van der Waals surface area (Å²) in [5, 5.41) is 1.07. The minimum absolute atomic E-state index is 0.168. The maximum atomic E-state index is 5.94. The van der Waals surface area contributed by atoms with Crippen LogP contribution in [0.2, 0.25) is 5.15 Å². The highest BCUT2D eigenvalue weighted by atomic mass is 79.9. The Balaban J connectivity index is 2.75. The minimum atomic E-state index is -0.168. The first kappa shape index (κ1) is 10.3. The van der Waals surface area contributed by atoms with Gasteiger partial charge in [0.05, 0.1) is 15.5 Å². The summed E-state index contributed by atoms with van der Waals surface area (Å²) in [5.74, 6) is 0. The Morgan fingerprint density at radius 2 is 2.29 bits per heavy atom. The van der Waals surface area contributed by atoms with Crippen LogP contribution in [0.5, 0.6) is 0 Å². The van der Waals surface area contributed by atoms with Gasteiger partial charge < -0.3 is 4.42 Å². The normalized spacial score (nSPS) is 13.4. The average molecular weight is 295 g/mol. The molecule has 0 aliphatic rings. The molecule has 1 atom stereocenters. The number of aromatic nitrogens is 1. The van der Waals surface area contributed by atoms with Gasteiger partial charge in [-0.2, -0.15) is 0 Å². The van der Waals surface area contributed by atoms with Gasteiger partial charge in [-0.05, 0) is 28.9 Å². The van der Waals surface area contributed by atoms with Gasteiger partial charge in [-0.15, -0.1) is 11.6 Å². The van der Waals surface area contributed by atoms with E-state index in [0.29, 0.717) is 10.7 Å². The molecule has 0 aliphatic carbocycles. The molecule has 0 saturated heterocycles. The molecule has 2 aromatic heterocycles. The van der Waals surface area contributed by atoms with Gasteiger partial charge in [0.15, 0.2) is 10.7 Å². The van der Waals surface area contributed by atoms with E-state index in [0.717, 1.165) is 15.6 Å². The largest absolute Gasteiger partial charge is 0.460 e. The van der Waals surface area contributed by atoms with Crippen LogP contribution in [0.4, 0.5) is 0 Å². The van der Waals surface area contributed by atoms with Gasteiger partial charge in [0, 0.05) is 5.39 Å². The first-order valence-electron chi connectivity index (χ1n) is 3.97. The summed E-state index contributed by atoms with van der Waals surface area (Å²) < 4.78 is 6.09. The Kier molecular flexibility index (Phi) is 2.73. The van der Waals surface area contributed by atoms with Crippen LogP contribution in [-0.2, 0) is 0 Å². The van der Waals surface area contributed by atoms with Crippen molar-refractivity contribution in [3.8, 4) is 0 Å². The predicted octanol–water partition coefficient (Wildman–Crippen LogP) is 4.54. The van der Waals surface area contributed by atoms with Crippen molar-refractivity contribution >= 4 is 50.1 Å². The first-order chi connectivity index (χ1) is 6.59. The number of rotatable bonds is 1. The number of hydrogen-bond donors (Lipinski definition) is 0. The van der Waals surface area contributed by atoms with Gasteiger partial charge in [-0.3, -0.25) is 0 Å². The van der Waals surface area contributed by atoms with Crippen LogP contribution in [0.15, 0.2) is 21.2 Å². The lowest BCUT2D eigenvalue weighted by molar-refractivity contribution is 0.612. The van der Waals surface area contributed by atoms with E-state index in [1.807, 2.05) is 13.0 Å². The summed E-state index contributed by atoms with van der Waals surface area (Å²) >= 11 is 15.2. The highest BCUT2D eigenvalue weighted by Crippen LogP contribution is 2.33. The molecule has 2 aromatic rings. The van der Waals surface area contributed by atoms with Gasteiger partial charge in [-0.25, -0.2) is 4.98 Å². The monoisotopic (exact) mass is 293 g/mol. The van der Waals surface area contributed by atoms with Crippen LogP contribution in [0.25, 0.3) is 11.0 Å². The second-order valence-electron chi connectivity index (χ2n) is 2.91. The lowest BCUT2D eigenvalue weighted by Gasteiger charge is -2.02. The van der Waals surface area contributed by atoms with Crippen LogP contribution in [0.1, 0.15) is 18.0 Å². The predicted molar refractivity (Wildman–Crippen MR) is 61.0 cm³/mol. The molecule has 74 valence electrons. The molecule has 1 unspecified atom stereocenters. The number of alkyl halides is 1. The van der Waals surface area contributed by atoms with E-state index < -0.39 is 0 Å². The van der Waals surface area contributed by atoms with E-state index >= 15 is 0 Å². The molecule has 2 nitrogen and oxygen atoms in total. The number of halogens is 3. The lowest BCUT2D eigenvalue weighted by Crippen LogP contribution is -1.90.